The van der Waals surface area contributed by atoms with Gasteiger partial charge < -0.3 is 0 Å². The van der Waals surface area contributed by atoms with Gasteiger partial charge in [0.1, 0.15) is 0 Å². The van der Waals surface area contributed by atoms with E-state index in [1.54, 1.807) is 0 Å². The van der Waals surface area contributed by atoms with E-state index in [9.17, 15) is 0 Å². The second-order valence-electron chi connectivity index (χ2n) is 3.83. The Kier molecular flexibility index (Phi) is 4.45. The normalized spacial score (nSPS) is 11.5. The van der Waals surface area contributed by atoms with Crippen molar-refractivity contribution in [2.75, 3.05) is 0 Å². The SMILES string of the molecule is C/C=C(\Cc1ccccc1)Sc1ccccc1. The summed E-state index contributed by atoms with van der Waals surface area (Å²) in [4.78, 5) is 2.69. The second kappa shape index (κ2) is 6.31. The highest BCUT2D eigenvalue weighted by Crippen LogP contribution is 2.28. The van der Waals surface area contributed by atoms with E-state index in [0.717, 1.165) is 6.42 Å². The molecule has 0 aromatic heterocycles. The topological polar surface area (TPSA) is 0 Å². The molecule has 1 heteroatoms. The molecule has 2 rings (SSSR count). The minimum absolute atomic E-state index is 1.01. The van der Waals surface area contributed by atoms with Gasteiger partial charge in [0.05, 0.1) is 0 Å². The first-order valence-corrected chi connectivity index (χ1v) is 6.62. The fourth-order valence-electron chi connectivity index (χ4n) is 1.63. The van der Waals surface area contributed by atoms with Crippen molar-refractivity contribution in [3.8, 4) is 0 Å². The van der Waals surface area contributed by atoms with Gasteiger partial charge >= 0.3 is 0 Å². The largest absolute Gasteiger partial charge is 0.0945 e. The first-order chi connectivity index (χ1) is 8.38. The average molecular weight is 240 g/mol. The van der Waals surface area contributed by atoms with Crippen LogP contribution in [0.2, 0.25) is 0 Å². The van der Waals surface area contributed by atoms with Crippen LogP contribution in [0.25, 0.3) is 0 Å². The van der Waals surface area contributed by atoms with Crippen LogP contribution in [-0.4, -0.2) is 0 Å². The number of hydrogen-bond acceptors (Lipinski definition) is 1. The first kappa shape index (κ1) is 12.0. The van der Waals surface area contributed by atoms with Gasteiger partial charge in [-0.3, -0.25) is 0 Å². The van der Waals surface area contributed by atoms with E-state index in [1.807, 2.05) is 11.8 Å². The molecule has 0 saturated heterocycles. The molecule has 2 aromatic carbocycles. The monoisotopic (exact) mass is 240 g/mol. The molecule has 0 nitrogen and oxygen atoms in total. The van der Waals surface area contributed by atoms with Gasteiger partial charge in [0.25, 0.3) is 0 Å². The van der Waals surface area contributed by atoms with Gasteiger partial charge in [0, 0.05) is 11.3 Å². The molecule has 0 fully saturated rings. The second-order valence-corrected chi connectivity index (χ2v) is 5.03. The van der Waals surface area contributed by atoms with Gasteiger partial charge in [-0.1, -0.05) is 66.4 Å². The summed E-state index contributed by atoms with van der Waals surface area (Å²) in [6.45, 7) is 2.11. The van der Waals surface area contributed by atoms with E-state index < -0.39 is 0 Å². The van der Waals surface area contributed by atoms with E-state index in [4.69, 9.17) is 0 Å². The molecule has 0 atom stereocenters. The Morgan fingerprint density at radius 3 is 2.12 bits per heavy atom. The lowest BCUT2D eigenvalue weighted by molar-refractivity contribution is 1.23. The molecule has 0 spiro atoms. The Hall–Kier alpha value is -1.47. The molecule has 0 aliphatic carbocycles. The lowest BCUT2D eigenvalue weighted by atomic mass is 10.1. The lowest BCUT2D eigenvalue weighted by Gasteiger charge is -2.06. The van der Waals surface area contributed by atoms with E-state index in [2.05, 4.69) is 73.7 Å². The lowest BCUT2D eigenvalue weighted by Crippen LogP contribution is -1.86. The number of benzene rings is 2. The fraction of sp³-hybridized carbons (Fsp3) is 0.125. The van der Waals surface area contributed by atoms with Crippen LogP contribution in [0.5, 0.6) is 0 Å². The number of hydrogen-bond donors (Lipinski definition) is 0. The van der Waals surface area contributed by atoms with Crippen LogP contribution in [0.15, 0.2) is 76.5 Å². The highest BCUT2D eigenvalue weighted by atomic mass is 32.2. The maximum atomic E-state index is 2.20. The molecule has 0 radical (unpaired) electrons. The Balaban J connectivity index is 2.04. The van der Waals surface area contributed by atoms with Crippen molar-refractivity contribution < 1.29 is 0 Å². The highest BCUT2D eigenvalue weighted by molar-refractivity contribution is 8.03. The molecule has 0 unspecified atom stereocenters. The van der Waals surface area contributed by atoms with Crippen molar-refractivity contribution in [1.29, 1.82) is 0 Å². The van der Waals surface area contributed by atoms with Gasteiger partial charge in [0.2, 0.25) is 0 Å². The smallest absolute Gasteiger partial charge is 0.0119 e. The highest BCUT2D eigenvalue weighted by Gasteiger charge is 2.01. The predicted octanol–water partition coefficient (Wildman–Crippen LogP) is 4.93. The summed E-state index contributed by atoms with van der Waals surface area (Å²) in [5, 5.41) is 0. The predicted molar refractivity (Wildman–Crippen MR) is 76.2 cm³/mol. The average Bonchev–Trinajstić information content (AvgIpc) is 2.40. The van der Waals surface area contributed by atoms with Crippen molar-refractivity contribution in [3.05, 3.63) is 77.2 Å². The summed E-state index contributed by atoms with van der Waals surface area (Å²) in [5.74, 6) is 0. The van der Waals surface area contributed by atoms with Crippen molar-refractivity contribution in [2.24, 2.45) is 0 Å². The van der Waals surface area contributed by atoms with Crippen LogP contribution in [0, 0.1) is 0 Å². The van der Waals surface area contributed by atoms with E-state index in [-0.39, 0.29) is 0 Å². The Morgan fingerprint density at radius 2 is 1.53 bits per heavy atom. The third kappa shape index (κ3) is 3.79. The summed E-state index contributed by atoms with van der Waals surface area (Å²) in [6, 6.07) is 21.1. The number of rotatable bonds is 4. The number of thioether (sulfide) groups is 1. The molecule has 0 amide bonds. The molecule has 0 aliphatic heterocycles. The maximum absolute atomic E-state index is 2.20. The van der Waals surface area contributed by atoms with Gasteiger partial charge in [-0.2, -0.15) is 0 Å². The molecule has 17 heavy (non-hydrogen) atoms. The summed E-state index contributed by atoms with van der Waals surface area (Å²) in [5.41, 5.74) is 1.36. The zero-order valence-electron chi connectivity index (χ0n) is 9.97. The molecule has 0 heterocycles. The van der Waals surface area contributed by atoms with Crippen LogP contribution in [0.4, 0.5) is 0 Å². The Bertz CT molecular complexity index is 428. The minimum Gasteiger partial charge on any atom is -0.0945 e. The van der Waals surface area contributed by atoms with Crippen molar-refractivity contribution in [3.63, 3.8) is 0 Å². The third-order valence-electron chi connectivity index (χ3n) is 2.54. The standard InChI is InChI=1S/C16H16S/c1-2-15(13-14-9-5-3-6-10-14)17-16-11-7-4-8-12-16/h2-12H,13H2,1H3/b15-2+. The summed E-state index contributed by atoms with van der Waals surface area (Å²) in [6.07, 6.45) is 3.21. The molecule has 0 aliphatic rings. The molecular formula is C16H16S. The van der Waals surface area contributed by atoms with E-state index >= 15 is 0 Å². The molecule has 0 N–H and O–H groups in total. The zero-order valence-corrected chi connectivity index (χ0v) is 10.8. The van der Waals surface area contributed by atoms with Crippen LogP contribution < -0.4 is 0 Å². The van der Waals surface area contributed by atoms with Crippen molar-refractivity contribution in [1.82, 2.24) is 0 Å². The summed E-state index contributed by atoms with van der Waals surface area (Å²) >= 11 is 1.84. The van der Waals surface area contributed by atoms with Gasteiger partial charge in [-0.05, 0) is 29.5 Å². The van der Waals surface area contributed by atoms with Crippen LogP contribution in [0.1, 0.15) is 12.5 Å². The van der Waals surface area contributed by atoms with E-state index in [1.165, 1.54) is 15.4 Å². The fourth-order valence-corrected chi connectivity index (χ4v) is 2.59. The zero-order chi connectivity index (χ0) is 11.9. The Labute approximate surface area is 107 Å². The third-order valence-corrected chi connectivity index (χ3v) is 3.69. The molecular weight excluding hydrogens is 224 g/mol. The first-order valence-electron chi connectivity index (χ1n) is 5.80. The number of allylic oxidation sites excluding steroid dienone is 2. The molecule has 0 saturated carbocycles. The molecule has 0 bridgehead atoms. The Morgan fingerprint density at radius 1 is 0.941 bits per heavy atom. The maximum Gasteiger partial charge on any atom is 0.0119 e. The van der Waals surface area contributed by atoms with E-state index in [0.29, 0.717) is 0 Å². The van der Waals surface area contributed by atoms with Crippen LogP contribution in [-0.2, 0) is 6.42 Å². The molecule has 86 valence electrons. The van der Waals surface area contributed by atoms with Gasteiger partial charge in [-0.25, -0.2) is 0 Å². The molecule has 2 aromatic rings. The summed E-state index contributed by atoms with van der Waals surface area (Å²) < 4.78 is 0. The minimum atomic E-state index is 1.01. The van der Waals surface area contributed by atoms with Crippen molar-refractivity contribution in [2.45, 2.75) is 18.2 Å². The summed E-state index contributed by atoms with van der Waals surface area (Å²) in [7, 11) is 0. The van der Waals surface area contributed by atoms with Crippen LogP contribution >= 0.6 is 11.8 Å². The van der Waals surface area contributed by atoms with Gasteiger partial charge in [0.15, 0.2) is 0 Å². The van der Waals surface area contributed by atoms with Gasteiger partial charge in [-0.15, -0.1) is 0 Å². The van der Waals surface area contributed by atoms with Crippen LogP contribution in [0.3, 0.4) is 0 Å². The quantitative estimate of drug-likeness (QED) is 0.683. The van der Waals surface area contributed by atoms with Crippen molar-refractivity contribution >= 4 is 11.8 Å².